The summed E-state index contributed by atoms with van der Waals surface area (Å²) >= 11 is 0. The first kappa shape index (κ1) is 15.8. The van der Waals surface area contributed by atoms with Gasteiger partial charge in [-0.1, -0.05) is 6.07 Å². The Morgan fingerprint density at radius 1 is 1.35 bits per heavy atom. The highest BCUT2D eigenvalue weighted by Gasteiger charge is 2.19. The van der Waals surface area contributed by atoms with Gasteiger partial charge in [-0.3, -0.25) is 9.59 Å². The van der Waals surface area contributed by atoms with Crippen molar-refractivity contribution >= 4 is 17.5 Å². The molecule has 1 aromatic rings. The lowest BCUT2D eigenvalue weighted by molar-refractivity contribution is -0.122. The van der Waals surface area contributed by atoms with Gasteiger partial charge in [0.2, 0.25) is 5.91 Å². The Kier molecular flexibility index (Phi) is 5.83. The van der Waals surface area contributed by atoms with Crippen LogP contribution in [0.3, 0.4) is 0 Å². The van der Waals surface area contributed by atoms with Gasteiger partial charge >= 0.3 is 0 Å². The van der Waals surface area contributed by atoms with Crippen molar-refractivity contribution in [2.45, 2.75) is 26.8 Å². The average Bonchev–Trinajstić information content (AvgIpc) is 2.41. The first-order valence-corrected chi connectivity index (χ1v) is 6.61. The molecule has 0 aliphatic carbocycles. The van der Waals surface area contributed by atoms with Gasteiger partial charge in [0.05, 0.1) is 17.9 Å². The zero-order chi connectivity index (χ0) is 15.1. The van der Waals surface area contributed by atoms with E-state index in [0.29, 0.717) is 30.2 Å². The summed E-state index contributed by atoms with van der Waals surface area (Å²) in [4.78, 5) is 23.8. The third-order valence-corrected chi connectivity index (χ3v) is 2.67. The van der Waals surface area contributed by atoms with E-state index in [1.807, 2.05) is 13.8 Å². The van der Waals surface area contributed by atoms with Crippen LogP contribution in [0.15, 0.2) is 18.2 Å². The number of rotatable bonds is 6. The van der Waals surface area contributed by atoms with Crippen molar-refractivity contribution in [1.82, 2.24) is 10.6 Å². The molecule has 4 N–H and O–H groups in total. The van der Waals surface area contributed by atoms with Crippen LogP contribution in [-0.2, 0) is 4.79 Å². The molecule has 20 heavy (non-hydrogen) atoms. The smallest absolute Gasteiger partial charge is 0.255 e. The second-order valence-electron chi connectivity index (χ2n) is 4.25. The largest absolute Gasteiger partial charge is 0.491 e. The van der Waals surface area contributed by atoms with Crippen molar-refractivity contribution in [3.63, 3.8) is 0 Å². The standard InChI is InChI=1S/C14H21N3O3/c1-4-16-13(18)9(3)17-14(19)10-7-6-8-11(15)12(10)20-5-2/h6-9H,4-5,15H2,1-3H3,(H,16,18)(H,17,19). The Bertz CT molecular complexity index is 489. The fourth-order valence-corrected chi connectivity index (χ4v) is 1.71. The lowest BCUT2D eigenvalue weighted by Gasteiger charge is -2.16. The molecule has 0 saturated heterocycles. The third kappa shape index (κ3) is 3.88. The van der Waals surface area contributed by atoms with Crippen LogP contribution in [0, 0.1) is 0 Å². The van der Waals surface area contributed by atoms with Gasteiger partial charge in [0.15, 0.2) is 5.75 Å². The molecule has 0 bridgehead atoms. The van der Waals surface area contributed by atoms with Gasteiger partial charge in [0.25, 0.3) is 5.91 Å². The molecular weight excluding hydrogens is 258 g/mol. The summed E-state index contributed by atoms with van der Waals surface area (Å²) in [5.41, 5.74) is 6.52. The van der Waals surface area contributed by atoms with E-state index in [9.17, 15) is 9.59 Å². The number of carbonyl (C=O) groups excluding carboxylic acids is 2. The summed E-state index contributed by atoms with van der Waals surface area (Å²) < 4.78 is 5.39. The van der Waals surface area contributed by atoms with Gasteiger partial charge < -0.3 is 21.1 Å². The topological polar surface area (TPSA) is 93.5 Å². The normalized spacial score (nSPS) is 11.6. The van der Waals surface area contributed by atoms with Crippen LogP contribution in [-0.4, -0.2) is 31.0 Å². The van der Waals surface area contributed by atoms with Crippen LogP contribution in [0.5, 0.6) is 5.75 Å². The van der Waals surface area contributed by atoms with Crippen molar-refractivity contribution in [2.24, 2.45) is 0 Å². The fourth-order valence-electron chi connectivity index (χ4n) is 1.71. The maximum absolute atomic E-state index is 12.2. The minimum atomic E-state index is -0.627. The van der Waals surface area contributed by atoms with E-state index in [0.717, 1.165) is 0 Å². The van der Waals surface area contributed by atoms with E-state index in [1.165, 1.54) is 0 Å². The molecule has 1 aromatic carbocycles. The van der Waals surface area contributed by atoms with Gasteiger partial charge in [-0.15, -0.1) is 0 Å². The van der Waals surface area contributed by atoms with E-state index in [-0.39, 0.29) is 11.8 Å². The molecule has 2 amide bonds. The monoisotopic (exact) mass is 279 g/mol. The van der Waals surface area contributed by atoms with Crippen LogP contribution in [0.25, 0.3) is 0 Å². The number of likely N-dealkylation sites (N-methyl/N-ethyl adjacent to an activating group) is 1. The zero-order valence-electron chi connectivity index (χ0n) is 12.0. The van der Waals surface area contributed by atoms with Crippen LogP contribution < -0.4 is 21.1 Å². The van der Waals surface area contributed by atoms with Crippen molar-refractivity contribution < 1.29 is 14.3 Å². The summed E-state index contributed by atoms with van der Waals surface area (Å²) in [7, 11) is 0. The van der Waals surface area contributed by atoms with E-state index in [1.54, 1.807) is 25.1 Å². The highest BCUT2D eigenvalue weighted by atomic mass is 16.5. The Hall–Kier alpha value is -2.24. The second-order valence-corrected chi connectivity index (χ2v) is 4.25. The van der Waals surface area contributed by atoms with E-state index >= 15 is 0 Å². The van der Waals surface area contributed by atoms with Gasteiger partial charge in [0, 0.05) is 6.54 Å². The Balaban J connectivity index is 2.87. The number of benzene rings is 1. The zero-order valence-corrected chi connectivity index (χ0v) is 12.0. The average molecular weight is 279 g/mol. The highest BCUT2D eigenvalue weighted by molar-refractivity contribution is 6.00. The number of nitrogen functional groups attached to an aromatic ring is 1. The highest BCUT2D eigenvalue weighted by Crippen LogP contribution is 2.26. The molecule has 0 saturated carbocycles. The second kappa shape index (κ2) is 7.37. The molecule has 0 aliphatic rings. The number of carbonyl (C=O) groups is 2. The van der Waals surface area contributed by atoms with Gasteiger partial charge in [0.1, 0.15) is 6.04 Å². The van der Waals surface area contributed by atoms with Crippen molar-refractivity contribution in [3.05, 3.63) is 23.8 Å². The summed E-state index contributed by atoms with van der Waals surface area (Å²) in [6, 6.07) is 4.32. The van der Waals surface area contributed by atoms with E-state index in [2.05, 4.69) is 10.6 Å². The number of amides is 2. The van der Waals surface area contributed by atoms with Crippen LogP contribution >= 0.6 is 0 Å². The van der Waals surface area contributed by atoms with E-state index in [4.69, 9.17) is 10.5 Å². The number of hydrogen-bond acceptors (Lipinski definition) is 4. The van der Waals surface area contributed by atoms with Crippen LogP contribution in [0.2, 0.25) is 0 Å². The predicted molar refractivity (Wildman–Crippen MR) is 77.6 cm³/mol. The molecule has 0 aromatic heterocycles. The first-order chi connectivity index (χ1) is 9.51. The Morgan fingerprint density at radius 3 is 2.65 bits per heavy atom. The number of hydrogen-bond donors (Lipinski definition) is 3. The Labute approximate surface area is 118 Å². The molecule has 0 heterocycles. The first-order valence-electron chi connectivity index (χ1n) is 6.61. The number of nitrogens with one attached hydrogen (secondary N) is 2. The fraction of sp³-hybridized carbons (Fsp3) is 0.429. The molecule has 1 rings (SSSR count). The summed E-state index contributed by atoms with van der Waals surface area (Å²) in [6.07, 6.45) is 0. The summed E-state index contributed by atoms with van der Waals surface area (Å²) in [6.45, 7) is 6.17. The van der Waals surface area contributed by atoms with Gasteiger partial charge in [-0.25, -0.2) is 0 Å². The lowest BCUT2D eigenvalue weighted by atomic mass is 10.1. The molecule has 110 valence electrons. The summed E-state index contributed by atoms with van der Waals surface area (Å²) in [5.74, 6) is -0.280. The van der Waals surface area contributed by atoms with Crippen LogP contribution in [0.4, 0.5) is 5.69 Å². The molecule has 0 spiro atoms. The van der Waals surface area contributed by atoms with Gasteiger partial charge in [-0.2, -0.15) is 0 Å². The van der Waals surface area contributed by atoms with Crippen LogP contribution in [0.1, 0.15) is 31.1 Å². The van der Waals surface area contributed by atoms with Crippen molar-refractivity contribution in [3.8, 4) is 5.75 Å². The lowest BCUT2D eigenvalue weighted by Crippen LogP contribution is -2.44. The van der Waals surface area contributed by atoms with Crippen molar-refractivity contribution in [2.75, 3.05) is 18.9 Å². The van der Waals surface area contributed by atoms with E-state index < -0.39 is 6.04 Å². The predicted octanol–water partition coefficient (Wildman–Crippen LogP) is 0.922. The molecule has 0 fully saturated rings. The minimum Gasteiger partial charge on any atom is -0.491 e. The maximum atomic E-state index is 12.2. The number of anilines is 1. The molecular formula is C14H21N3O3. The molecule has 1 unspecified atom stereocenters. The van der Waals surface area contributed by atoms with Gasteiger partial charge in [-0.05, 0) is 32.9 Å². The SMILES string of the molecule is CCNC(=O)C(C)NC(=O)c1cccc(N)c1OCC. The molecule has 6 heteroatoms. The van der Waals surface area contributed by atoms with Crippen molar-refractivity contribution in [1.29, 1.82) is 0 Å². The maximum Gasteiger partial charge on any atom is 0.255 e. The minimum absolute atomic E-state index is 0.234. The third-order valence-electron chi connectivity index (χ3n) is 2.67. The molecule has 6 nitrogen and oxygen atoms in total. The number of nitrogens with two attached hydrogens (primary N) is 1. The Morgan fingerprint density at radius 2 is 2.05 bits per heavy atom. The number of para-hydroxylation sites is 1. The summed E-state index contributed by atoms with van der Waals surface area (Å²) in [5, 5.41) is 5.26. The number of ether oxygens (including phenoxy) is 1. The molecule has 0 radical (unpaired) electrons. The molecule has 1 atom stereocenters. The molecule has 0 aliphatic heterocycles. The quantitative estimate of drug-likeness (QED) is 0.675.